The normalized spacial score (nSPS) is 14.7. The van der Waals surface area contributed by atoms with Crippen molar-refractivity contribution in [3.8, 4) is 0 Å². The van der Waals surface area contributed by atoms with Gasteiger partial charge in [0.15, 0.2) is 0 Å². The molecule has 22 heavy (non-hydrogen) atoms. The maximum absolute atomic E-state index is 11.9. The number of benzene rings is 1. The number of anilines is 1. The number of rotatable bonds is 6. The fourth-order valence-corrected chi connectivity index (χ4v) is 2.18. The number of nitrogens with two attached hydrogens (primary N) is 1. The zero-order valence-electron chi connectivity index (χ0n) is 12.3. The zero-order valence-corrected chi connectivity index (χ0v) is 12.3. The Labute approximate surface area is 128 Å². The Morgan fingerprint density at radius 1 is 1.23 bits per heavy atom. The van der Waals surface area contributed by atoms with Gasteiger partial charge in [0.05, 0.1) is 0 Å². The molecule has 4 amide bonds. The Morgan fingerprint density at radius 3 is 2.59 bits per heavy atom. The highest BCUT2D eigenvalue weighted by Crippen LogP contribution is 2.17. The quantitative estimate of drug-likeness (QED) is 0.669. The minimum Gasteiger partial charge on any atom is -0.352 e. The Bertz CT molecular complexity index is 556. The molecule has 0 spiro atoms. The van der Waals surface area contributed by atoms with Crippen molar-refractivity contribution in [2.45, 2.75) is 19.3 Å². The Kier molecular flexibility index (Phi) is 5.48. The van der Waals surface area contributed by atoms with Gasteiger partial charge in [-0.2, -0.15) is 0 Å². The molecule has 1 aromatic rings. The van der Waals surface area contributed by atoms with Gasteiger partial charge in [-0.25, -0.2) is 4.79 Å². The van der Waals surface area contributed by atoms with Crippen molar-refractivity contribution in [3.05, 3.63) is 29.8 Å². The number of nitrogens with one attached hydrogen (secondary N) is 2. The SMILES string of the molecule is NCCCCNC(=O)c1ccc(N2CCC(=O)NC2=O)cc1. The number of hydrogen-bond acceptors (Lipinski definition) is 4. The van der Waals surface area contributed by atoms with Gasteiger partial charge in [0.2, 0.25) is 5.91 Å². The van der Waals surface area contributed by atoms with E-state index in [1.165, 1.54) is 4.90 Å². The van der Waals surface area contributed by atoms with Crippen LogP contribution in [0.4, 0.5) is 10.5 Å². The van der Waals surface area contributed by atoms with Crippen LogP contribution in [0.1, 0.15) is 29.6 Å². The van der Waals surface area contributed by atoms with Crippen molar-refractivity contribution in [1.29, 1.82) is 0 Å². The summed E-state index contributed by atoms with van der Waals surface area (Å²) < 4.78 is 0. The molecule has 0 aromatic heterocycles. The van der Waals surface area contributed by atoms with E-state index in [9.17, 15) is 14.4 Å². The number of hydrogen-bond donors (Lipinski definition) is 3. The van der Waals surface area contributed by atoms with E-state index in [0.717, 1.165) is 12.8 Å². The summed E-state index contributed by atoms with van der Waals surface area (Å²) in [5.41, 5.74) is 6.58. The van der Waals surface area contributed by atoms with Gasteiger partial charge in [0.1, 0.15) is 0 Å². The van der Waals surface area contributed by atoms with Crippen LogP contribution in [0.2, 0.25) is 0 Å². The van der Waals surface area contributed by atoms with E-state index in [0.29, 0.717) is 30.9 Å². The summed E-state index contributed by atoms with van der Waals surface area (Å²) in [6.45, 7) is 1.55. The smallest absolute Gasteiger partial charge is 0.328 e. The lowest BCUT2D eigenvalue weighted by atomic mass is 10.1. The van der Waals surface area contributed by atoms with E-state index in [2.05, 4.69) is 10.6 Å². The molecular formula is C15H20N4O3. The third-order valence-electron chi connectivity index (χ3n) is 3.41. The molecule has 0 atom stereocenters. The average molecular weight is 304 g/mol. The lowest BCUT2D eigenvalue weighted by Gasteiger charge is -2.26. The number of amides is 4. The molecule has 2 rings (SSSR count). The minimum atomic E-state index is -0.435. The number of urea groups is 1. The first-order valence-corrected chi connectivity index (χ1v) is 7.31. The molecule has 0 bridgehead atoms. The summed E-state index contributed by atoms with van der Waals surface area (Å²) in [7, 11) is 0. The summed E-state index contributed by atoms with van der Waals surface area (Å²) in [6.07, 6.45) is 2.00. The Hall–Kier alpha value is -2.41. The van der Waals surface area contributed by atoms with E-state index in [1.54, 1.807) is 24.3 Å². The topological polar surface area (TPSA) is 105 Å². The molecule has 1 saturated heterocycles. The molecule has 7 heteroatoms. The van der Waals surface area contributed by atoms with E-state index in [1.807, 2.05) is 0 Å². The molecule has 7 nitrogen and oxygen atoms in total. The van der Waals surface area contributed by atoms with Crippen molar-refractivity contribution < 1.29 is 14.4 Å². The van der Waals surface area contributed by atoms with E-state index in [-0.39, 0.29) is 18.2 Å². The molecule has 1 aliphatic heterocycles. The molecular weight excluding hydrogens is 284 g/mol. The number of unbranched alkanes of at least 4 members (excludes halogenated alkanes) is 1. The number of nitrogens with zero attached hydrogens (tertiary/aromatic N) is 1. The first-order valence-electron chi connectivity index (χ1n) is 7.31. The fraction of sp³-hybridized carbons (Fsp3) is 0.400. The predicted molar refractivity (Wildman–Crippen MR) is 82.6 cm³/mol. The van der Waals surface area contributed by atoms with E-state index in [4.69, 9.17) is 5.73 Å². The van der Waals surface area contributed by atoms with Crippen molar-refractivity contribution in [1.82, 2.24) is 10.6 Å². The molecule has 1 aromatic carbocycles. The first kappa shape index (κ1) is 16.0. The highest BCUT2D eigenvalue weighted by Gasteiger charge is 2.24. The van der Waals surface area contributed by atoms with Crippen LogP contribution in [0.25, 0.3) is 0 Å². The van der Waals surface area contributed by atoms with Crippen molar-refractivity contribution in [2.75, 3.05) is 24.5 Å². The molecule has 0 aliphatic carbocycles. The van der Waals surface area contributed by atoms with Gasteiger partial charge < -0.3 is 11.1 Å². The summed E-state index contributed by atoms with van der Waals surface area (Å²) in [5.74, 6) is -0.420. The van der Waals surface area contributed by atoms with Gasteiger partial charge >= 0.3 is 6.03 Å². The van der Waals surface area contributed by atoms with Crippen LogP contribution in [0, 0.1) is 0 Å². The number of imide groups is 1. The summed E-state index contributed by atoms with van der Waals surface area (Å²) in [6, 6.07) is 6.29. The molecule has 4 N–H and O–H groups in total. The average Bonchev–Trinajstić information content (AvgIpc) is 2.52. The van der Waals surface area contributed by atoms with Crippen LogP contribution in [0.5, 0.6) is 0 Å². The van der Waals surface area contributed by atoms with Gasteiger partial charge in [0, 0.05) is 30.8 Å². The van der Waals surface area contributed by atoms with Crippen LogP contribution in [0.3, 0.4) is 0 Å². The number of carbonyl (C=O) groups excluding carboxylic acids is 3. The van der Waals surface area contributed by atoms with E-state index < -0.39 is 6.03 Å². The molecule has 0 unspecified atom stereocenters. The van der Waals surface area contributed by atoms with Gasteiger partial charge in [-0.05, 0) is 43.7 Å². The Balaban J connectivity index is 1.93. The monoisotopic (exact) mass is 304 g/mol. The van der Waals surface area contributed by atoms with Crippen LogP contribution >= 0.6 is 0 Å². The van der Waals surface area contributed by atoms with Crippen LogP contribution < -0.4 is 21.3 Å². The summed E-state index contributed by atoms with van der Waals surface area (Å²) in [5, 5.41) is 5.08. The van der Waals surface area contributed by atoms with Gasteiger partial charge in [-0.1, -0.05) is 0 Å². The van der Waals surface area contributed by atoms with Crippen molar-refractivity contribution in [2.24, 2.45) is 5.73 Å². The van der Waals surface area contributed by atoms with E-state index >= 15 is 0 Å². The van der Waals surface area contributed by atoms with Crippen LogP contribution in [-0.4, -0.2) is 37.5 Å². The first-order chi connectivity index (χ1) is 10.6. The second kappa shape index (κ2) is 7.56. The van der Waals surface area contributed by atoms with Gasteiger partial charge in [0.25, 0.3) is 5.91 Å². The van der Waals surface area contributed by atoms with Gasteiger partial charge in [-0.3, -0.25) is 19.8 Å². The van der Waals surface area contributed by atoms with Crippen LogP contribution in [-0.2, 0) is 4.79 Å². The molecule has 1 fully saturated rings. The highest BCUT2D eigenvalue weighted by atomic mass is 16.2. The molecule has 0 radical (unpaired) electrons. The third kappa shape index (κ3) is 4.05. The second-order valence-corrected chi connectivity index (χ2v) is 5.05. The second-order valence-electron chi connectivity index (χ2n) is 5.05. The molecule has 118 valence electrons. The number of carbonyl (C=O) groups is 3. The molecule has 1 heterocycles. The fourth-order valence-electron chi connectivity index (χ4n) is 2.18. The standard InChI is InChI=1S/C15H20N4O3/c16-8-1-2-9-17-14(21)11-3-5-12(6-4-11)19-10-7-13(20)18-15(19)22/h3-6H,1-2,7-10,16H2,(H,17,21)(H,18,20,22). The maximum Gasteiger partial charge on any atom is 0.328 e. The third-order valence-corrected chi connectivity index (χ3v) is 3.41. The lowest BCUT2D eigenvalue weighted by Crippen LogP contribution is -2.49. The molecule has 1 aliphatic rings. The molecule has 0 saturated carbocycles. The predicted octanol–water partition coefficient (Wildman–Crippen LogP) is 0.602. The maximum atomic E-state index is 11.9. The summed E-state index contributed by atoms with van der Waals surface area (Å²) >= 11 is 0. The van der Waals surface area contributed by atoms with Crippen molar-refractivity contribution >= 4 is 23.5 Å². The largest absolute Gasteiger partial charge is 0.352 e. The zero-order chi connectivity index (χ0) is 15.9. The highest BCUT2D eigenvalue weighted by molar-refractivity contribution is 6.05. The Morgan fingerprint density at radius 2 is 1.95 bits per heavy atom. The van der Waals surface area contributed by atoms with Crippen LogP contribution in [0.15, 0.2) is 24.3 Å². The van der Waals surface area contributed by atoms with Crippen molar-refractivity contribution in [3.63, 3.8) is 0 Å². The minimum absolute atomic E-state index is 0.151. The van der Waals surface area contributed by atoms with Gasteiger partial charge in [-0.15, -0.1) is 0 Å². The lowest BCUT2D eigenvalue weighted by molar-refractivity contribution is -0.120. The summed E-state index contributed by atoms with van der Waals surface area (Å²) in [4.78, 5) is 36.3.